The Hall–Kier alpha value is -2.73. The van der Waals surface area contributed by atoms with Crippen molar-refractivity contribution >= 4 is 11.8 Å². The van der Waals surface area contributed by atoms with Crippen molar-refractivity contribution in [2.45, 2.75) is 32.2 Å². The second kappa shape index (κ2) is 10.1. The first-order chi connectivity index (χ1) is 15.1. The van der Waals surface area contributed by atoms with Crippen LogP contribution in [-0.4, -0.2) is 65.8 Å². The summed E-state index contributed by atoms with van der Waals surface area (Å²) in [5.74, 6) is -0.374. The van der Waals surface area contributed by atoms with Gasteiger partial charge >= 0.3 is 0 Å². The predicted octanol–water partition coefficient (Wildman–Crippen LogP) is 3.80. The normalized spacial score (nSPS) is 18.0. The molecule has 2 saturated heterocycles. The van der Waals surface area contributed by atoms with Crippen molar-refractivity contribution in [3.63, 3.8) is 0 Å². The molecule has 2 aromatic carbocycles. The number of halogens is 1. The number of piperidine rings is 1. The Morgan fingerprint density at radius 3 is 2.10 bits per heavy atom. The van der Waals surface area contributed by atoms with Gasteiger partial charge in [-0.2, -0.15) is 0 Å². The van der Waals surface area contributed by atoms with E-state index in [1.807, 2.05) is 28.0 Å². The number of amides is 2. The maximum Gasteiger partial charge on any atom is 0.254 e. The summed E-state index contributed by atoms with van der Waals surface area (Å²) in [6.45, 7) is 5.38. The minimum absolute atomic E-state index is 0.115. The zero-order valence-electron chi connectivity index (χ0n) is 17.9. The summed E-state index contributed by atoms with van der Waals surface area (Å²) >= 11 is 0. The summed E-state index contributed by atoms with van der Waals surface area (Å²) in [6, 6.07) is 13.8. The Bertz CT molecular complexity index is 926. The monoisotopic (exact) mass is 423 g/mol. The summed E-state index contributed by atoms with van der Waals surface area (Å²) < 4.78 is 13.5. The van der Waals surface area contributed by atoms with Crippen LogP contribution in [0.5, 0.6) is 0 Å². The van der Waals surface area contributed by atoms with E-state index in [1.54, 1.807) is 12.1 Å². The summed E-state index contributed by atoms with van der Waals surface area (Å²) in [5, 5.41) is 0. The van der Waals surface area contributed by atoms with E-state index in [4.69, 9.17) is 0 Å². The number of hydrogen-bond donors (Lipinski definition) is 0. The van der Waals surface area contributed by atoms with E-state index in [0.717, 1.165) is 63.1 Å². The van der Waals surface area contributed by atoms with Crippen LogP contribution in [0.3, 0.4) is 0 Å². The second-order valence-electron chi connectivity index (χ2n) is 8.49. The fraction of sp³-hybridized carbons (Fsp3) is 0.440. The Balaban J connectivity index is 1.36. The predicted molar refractivity (Wildman–Crippen MR) is 118 cm³/mol. The molecule has 0 aromatic heterocycles. The third-order valence-corrected chi connectivity index (χ3v) is 6.17. The van der Waals surface area contributed by atoms with Crippen LogP contribution in [0.25, 0.3) is 0 Å². The van der Waals surface area contributed by atoms with Crippen molar-refractivity contribution in [3.05, 3.63) is 71.0 Å². The van der Waals surface area contributed by atoms with Gasteiger partial charge in [-0.15, -0.1) is 0 Å². The van der Waals surface area contributed by atoms with Crippen LogP contribution < -0.4 is 0 Å². The maximum absolute atomic E-state index is 13.5. The lowest BCUT2D eigenvalue weighted by Gasteiger charge is -2.27. The fourth-order valence-corrected chi connectivity index (χ4v) is 4.48. The van der Waals surface area contributed by atoms with Crippen LogP contribution in [0, 0.1) is 5.82 Å². The lowest BCUT2D eigenvalue weighted by Crippen LogP contribution is -2.36. The van der Waals surface area contributed by atoms with Gasteiger partial charge in [-0.05, 0) is 61.6 Å². The SMILES string of the molecule is O=C(c1cccc(CN2CCCN(C(=O)c3cccc(F)c3)CC2)c1)N1CCCCC1. The van der Waals surface area contributed by atoms with Gasteiger partial charge in [0.25, 0.3) is 11.8 Å². The van der Waals surface area contributed by atoms with Crippen LogP contribution in [0.2, 0.25) is 0 Å². The molecule has 2 aromatic rings. The maximum atomic E-state index is 13.5. The number of nitrogens with zero attached hydrogens (tertiary/aromatic N) is 3. The highest BCUT2D eigenvalue weighted by Gasteiger charge is 2.22. The van der Waals surface area contributed by atoms with Gasteiger partial charge in [0.15, 0.2) is 0 Å². The average molecular weight is 424 g/mol. The summed E-state index contributed by atoms with van der Waals surface area (Å²) in [7, 11) is 0. The first-order valence-electron chi connectivity index (χ1n) is 11.3. The van der Waals surface area contributed by atoms with Crippen molar-refractivity contribution in [1.29, 1.82) is 0 Å². The zero-order chi connectivity index (χ0) is 21.6. The number of likely N-dealkylation sites (tertiary alicyclic amines) is 1. The van der Waals surface area contributed by atoms with Crippen molar-refractivity contribution < 1.29 is 14.0 Å². The molecular formula is C25H30FN3O2. The molecule has 0 spiro atoms. The van der Waals surface area contributed by atoms with E-state index in [1.165, 1.54) is 18.6 Å². The lowest BCUT2D eigenvalue weighted by atomic mass is 10.1. The Kier molecular flexibility index (Phi) is 6.97. The number of hydrogen-bond acceptors (Lipinski definition) is 3. The topological polar surface area (TPSA) is 43.9 Å². The quantitative estimate of drug-likeness (QED) is 0.751. The molecule has 4 rings (SSSR count). The van der Waals surface area contributed by atoms with Gasteiger partial charge in [0.05, 0.1) is 0 Å². The van der Waals surface area contributed by atoms with E-state index in [2.05, 4.69) is 11.0 Å². The number of carbonyl (C=O) groups is 2. The molecule has 2 aliphatic heterocycles. The highest BCUT2D eigenvalue weighted by Crippen LogP contribution is 2.17. The van der Waals surface area contributed by atoms with Crippen LogP contribution in [-0.2, 0) is 6.54 Å². The van der Waals surface area contributed by atoms with Crippen molar-refractivity contribution in [1.82, 2.24) is 14.7 Å². The summed E-state index contributed by atoms with van der Waals surface area (Å²) in [5.41, 5.74) is 2.28. The molecule has 2 aliphatic rings. The van der Waals surface area contributed by atoms with Crippen molar-refractivity contribution in [2.24, 2.45) is 0 Å². The number of benzene rings is 2. The molecule has 0 atom stereocenters. The Morgan fingerprint density at radius 2 is 1.35 bits per heavy atom. The molecule has 2 amide bonds. The Morgan fingerprint density at radius 1 is 0.710 bits per heavy atom. The zero-order valence-corrected chi connectivity index (χ0v) is 17.9. The van der Waals surface area contributed by atoms with Gasteiger partial charge in [0.2, 0.25) is 0 Å². The summed E-state index contributed by atoms with van der Waals surface area (Å²) in [6.07, 6.45) is 4.25. The van der Waals surface area contributed by atoms with Gasteiger partial charge in [0.1, 0.15) is 5.82 Å². The molecule has 0 N–H and O–H groups in total. The van der Waals surface area contributed by atoms with Gasteiger partial charge < -0.3 is 9.80 Å². The minimum atomic E-state index is -0.388. The lowest BCUT2D eigenvalue weighted by molar-refractivity contribution is 0.0722. The molecular weight excluding hydrogens is 393 g/mol. The average Bonchev–Trinajstić information content (AvgIpc) is 3.04. The Labute approximate surface area is 183 Å². The van der Waals surface area contributed by atoms with Crippen LogP contribution >= 0.6 is 0 Å². The smallest absolute Gasteiger partial charge is 0.254 e. The molecule has 2 heterocycles. The molecule has 2 fully saturated rings. The molecule has 164 valence electrons. The third kappa shape index (κ3) is 5.50. The fourth-order valence-electron chi connectivity index (χ4n) is 4.48. The molecule has 0 aliphatic carbocycles. The standard InChI is InChI=1S/C25H30FN3O2/c26-23-10-5-9-22(18-23)25(31)29-14-6-11-27(15-16-29)19-20-7-4-8-21(17-20)24(30)28-12-2-1-3-13-28/h4-5,7-10,17-18H,1-3,6,11-16,19H2. The summed E-state index contributed by atoms with van der Waals surface area (Å²) in [4.78, 5) is 31.7. The van der Waals surface area contributed by atoms with Crippen molar-refractivity contribution in [3.8, 4) is 0 Å². The molecule has 0 saturated carbocycles. The van der Waals surface area contributed by atoms with Gasteiger partial charge in [0, 0.05) is 56.9 Å². The van der Waals surface area contributed by atoms with E-state index >= 15 is 0 Å². The van der Waals surface area contributed by atoms with E-state index in [9.17, 15) is 14.0 Å². The first kappa shape index (κ1) is 21.5. The van der Waals surface area contributed by atoms with E-state index < -0.39 is 0 Å². The van der Waals surface area contributed by atoms with Crippen LogP contribution in [0.1, 0.15) is 52.0 Å². The molecule has 6 heteroatoms. The van der Waals surface area contributed by atoms with E-state index in [-0.39, 0.29) is 17.6 Å². The largest absolute Gasteiger partial charge is 0.339 e. The van der Waals surface area contributed by atoms with Gasteiger partial charge in [-0.1, -0.05) is 18.2 Å². The molecule has 0 radical (unpaired) electrons. The number of rotatable bonds is 4. The second-order valence-corrected chi connectivity index (χ2v) is 8.49. The van der Waals surface area contributed by atoms with E-state index in [0.29, 0.717) is 18.7 Å². The first-order valence-corrected chi connectivity index (χ1v) is 11.3. The van der Waals surface area contributed by atoms with Gasteiger partial charge in [-0.3, -0.25) is 14.5 Å². The van der Waals surface area contributed by atoms with Crippen LogP contribution in [0.4, 0.5) is 4.39 Å². The molecule has 5 nitrogen and oxygen atoms in total. The molecule has 31 heavy (non-hydrogen) atoms. The molecule has 0 unspecified atom stereocenters. The minimum Gasteiger partial charge on any atom is -0.339 e. The third-order valence-electron chi connectivity index (χ3n) is 6.17. The van der Waals surface area contributed by atoms with Crippen molar-refractivity contribution in [2.75, 3.05) is 39.3 Å². The van der Waals surface area contributed by atoms with Gasteiger partial charge in [-0.25, -0.2) is 4.39 Å². The molecule has 0 bridgehead atoms. The number of carbonyl (C=O) groups excluding carboxylic acids is 2. The highest BCUT2D eigenvalue weighted by molar-refractivity contribution is 5.94. The van der Waals surface area contributed by atoms with Crippen LogP contribution in [0.15, 0.2) is 48.5 Å². The highest BCUT2D eigenvalue weighted by atomic mass is 19.1.